The largest absolute Gasteiger partial charge is 0.370 e. The van der Waals surface area contributed by atoms with Crippen LogP contribution in [0.5, 0.6) is 0 Å². The Labute approximate surface area is 164 Å². The monoisotopic (exact) mass is 387 g/mol. The number of para-hydroxylation sites is 1. The summed E-state index contributed by atoms with van der Waals surface area (Å²) < 4.78 is 14.0. The number of piperazine rings is 1. The van der Waals surface area contributed by atoms with Crippen LogP contribution in [0.25, 0.3) is 0 Å². The minimum atomic E-state index is -0.221. The summed E-state index contributed by atoms with van der Waals surface area (Å²) in [7, 11) is 0. The first-order valence-corrected chi connectivity index (χ1v) is 9.84. The molecule has 0 N–H and O–H groups in total. The summed E-state index contributed by atoms with van der Waals surface area (Å²) in [5.41, 5.74) is 2.22. The summed E-state index contributed by atoms with van der Waals surface area (Å²) in [6.07, 6.45) is 2.37. The number of carbonyl (C=O) groups is 1. The SMILES string of the molecule is O=C(c1ccc(N2CCCC2)c(Cl)c1)N1CCN(c2ccccc2F)CC1. The Balaban J connectivity index is 1.42. The molecule has 0 aliphatic carbocycles. The number of hydrogen-bond acceptors (Lipinski definition) is 3. The molecule has 2 fully saturated rings. The number of hydrogen-bond donors (Lipinski definition) is 0. The molecule has 2 heterocycles. The van der Waals surface area contributed by atoms with Crippen LogP contribution in [0, 0.1) is 5.82 Å². The van der Waals surface area contributed by atoms with E-state index in [-0.39, 0.29) is 11.7 Å². The predicted molar refractivity (Wildman–Crippen MR) is 107 cm³/mol. The first kappa shape index (κ1) is 18.1. The van der Waals surface area contributed by atoms with E-state index in [1.54, 1.807) is 18.2 Å². The van der Waals surface area contributed by atoms with E-state index in [1.807, 2.05) is 28.0 Å². The lowest BCUT2D eigenvalue weighted by Crippen LogP contribution is -2.49. The second-order valence-corrected chi connectivity index (χ2v) is 7.50. The van der Waals surface area contributed by atoms with E-state index in [2.05, 4.69) is 4.90 Å². The van der Waals surface area contributed by atoms with E-state index in [0.29, 0.717) is 42.5 Å². The van der Waals surface area contributed by atoms with Crippen LogP contribution < -0.4 is 9.80 Å². The van der Waals surface area contributed by atoms with Crippen molar-refractivity contribution < 1.29 is 9.18 Å². The highest BCUT2D eigenvalue weighted by atomic mass is 35.5. The van der Waals surface area contributed by atoms with Crippen molar-refractivity contribution in [1.29, 1.82) is 0 Å². The minimum Gasteiger partial charge on any atom is -0.370 e. The van der Waals surface area contributed by atoms with Gasteiger partial charge < -0.3 is 14.7 Å². The van der Waals surface area contributed by atoms with Crippen LogP contribution in [0.2, 0.25) is 5.02 Å². The fraction of sp³-hybridized carbons (Fsp3) is 0.381. The molecule has 2 aromatic rings. The molecule has 2 saturated heterocycles. The van der Waals surface area contributed by atoms with Gasteiger partial charge in [0.2, 0.25) is 0 Å². The Morgan fingerprint density at radius 1 is 0.852 bits per heavy atom. The molecule has 4 rings (SSSR count). The average molecular weight is 388 g/mol. The fourth-order valence-electron chi connectivity index (χ4n) is 3.90. The lowest BCUT2D eigenvalue weighted by atomic mass is 10.1. The van der Waals surface area contributed by atoms with Crippen molar-refractivity contribution in [3.8, 4) is 0 Å². The van der Waals surface area contributed by atoms with E-state index in [4.69, 9.17) is 11.6 Å². The molecule has 4 nitrogen and oxygen atoms in total. The molecule has 0 unspecified atom stereocenters. The van der Waals surface area contributed by atoms with Gasteiger partial charge in [0.1, 0.15) is 5.82 Å². The summed E-state index contributed by atoms with van der Waals surface area (Å²) >= 11 is 6.45. The van der Waals surface area contributed by atoms with Crippen LogP contribution >= 0.6 is 11.6 Å². The van der Waals surface area contributed by atoms with E-state index in [0.717, 1.165) is 18.8 Å². The Hall–Kier alpha value is -2.27. The summed E-state index contributed by atoms with van der Waals surface area (Å²) in [6.45, 7) is 4.41. The van der Waals surface area contributed by atoms with Crippen LogP contribution in [0.3, 0.4) is 0 Å². The third kappa shape index (κ3) is 3.74. The molecular formula is C21H23ClFN3O. The molecule has 2 aliphatic rings. The molecule has 2 aromatic carbocycles. The maximum atomic E-state index is 14.0. The van der Waals surface area contributed by atoms with Crippen LogP contribution in [0.15, 0.2) is 42.5 Å². The van der Waals surface area contributed by atoms with Crippen molar-refractivity contribution in [2.75, 3.05) is 49.1 Å². The first-order valence-electron chi connectivity index (χ1n) is 9.47. The highest BCUT2D eigenvalue weighted by Gasteiger charge is 2.24. The van der Waals surface area contributed by atoms with Gasteiger partial charge in [0, 0.05) is 44.8 Å². The first-order chi connectivity index (χ1) is 13.1. The standard InChI is InChI=1S/C21H23ClFN3O/c22-17-15-16(7-8-19(17)24-9-3-4-10-24)21(27)26-13-11-25(12-14-26)20-6-2-1-5-18(20)23/h1-2,5-8,15H,3-4,9-14H2. The molecule has 6 heteroatoms. The highest BCUT2D eigenvalue weighted by molar-refractivity contribution is 6.33. The van der Waals surface area contributed by atoms with Gasteiger partial charge in [-0.1, -0.05) is 23.7 Å². The predicted octanol–water partition coefficient (Wildman–Crippen LogP) is 4.04. The number of rotatable bonds is 3. The molecule has 2 aliphatic heterocycles. The Morgan fingerprint density at radius 2 is 1.52 bits per heavy atom. The summed E-state index contributed by atoms with van der Waals surface area (Å²) in [5.74, 6) is -0.236. The van der Waals surface area contributed by atoms with Gasteiger partial charge >= 0.3 is 0 Å². The maximum Gasteiger partial charge on any atom is 0.254 e. The topological polar surface area (TPSA) is 26.8 Å². The zero-order chi connectivity index (χ0) is 18.8. The normalized spacial score (nSPS) is 17.5. The summed E-state index contributed by atoms with van der Waals surface area (Å²) in [4.78, 5) is 18.9. The zero-order valence-corrected chi connectivity index (χ0v) is 16.0. The molecular weight excluding hydrogens is 365 g/mol. The van der Waals surface area contributed by atoms with Gasteiger partial charge in [0.25, 0.3) is 5.91 Å². The van der Waals surface area contributed by atoms with Crippen molar-refractivity contribution >= 4 is 28.9 Å². The lowest BCUT2D eigenvalue weighted by molar-refractivity contribution is 0.0746. The number of halogens is 2. The van der Waals surface area contributed by atoms with Crippen LogP contribution in [0.1, 0.15) is 23.2 Å². The molecule has 0 aromatic heterocycles. The van der Waals surface area contributed by atoms with Gasteiger partial charge in [-0.2, -0.15) is 0 Å². The highest BCUT2D eigenvalue weighted by Crippen LogP contribution is 2.30. The van der Waals surface area contributed by atoms with E-state index < -0.39 is 0 Å². The Morgan fingerprint density at radius 3 is 2.19 bits per heavy atom. The van der Waals surface area contributed by atoms with Crippen molar-refractivity contribution in [3.05, 3.63) is 58.9 Å². The molecule has 142 valence electrons. The van der Waals surface area contributed by atoms with Gasteiger partial charge in [-0.25, -0.2) is 4.39 Å². The van der Waals surface area contributed by atoms with Crippen LogP contribution in [0.4, 0.5) is 15.8 Å². The lowest BCUT2D eigenvalue weighted by Gasteiger charge is -2.36. The third-order valence-corrected chi connectivity index (χ3v) is 5.70. The Bertz CT molecular complexity index is 830. The second kappa shape index (κ2) is 7.77. The molecule has 0 atom stereocenters. The van der Waals surface area contributed by atoms with E-state index >= 15 is 0 Å². The van der Waals surface area contributed by atoms with Crippen LogP contribution in [-0.2, 0) is 0 Å². The zero-order valence-electron chi connectivity index (χ0n) is 15.2. The number of carbonyl (C=O) groups excluding carboxylic acids is 1. The third-order valence-electron chi connectivity index (χ3n) is 5.40. The van der Waals surface area contributed by atoms with Crippen molar-refractivity contribution in [2.24, 2.45) is 0 Å². The fourth-order valence-corrected chi connectivity index (χ4v) is 4.20. The van der Waals surface area contributed by atoms with Gasteiger partial charge in [-0.3, -0.25) is 4.79 Å². The van der Waals surface area contributed by atoms with E-state index in [9.17, 15) is 9.18 Å². The quantitative estimate of drug-likeness (QED) is 0.795. The van der Waals surface area contributed by atoms with Crippen molar-refractivity contribution in [3.63, 3.8) is 0 Å². The van der Waals surface area contributed by atoms with Gasteiger partial charge in [-0.15, -0.1) is 0 Å². The Kier molecular flexibility index (Phi) is 5.21. The molecule has 0 spiro atoms. The van der Waals surface area contributed by atoms with Crippen molar-refractivity contribution in [2.45, 2.75) is 12.8 Å². The number of nitrogens with zero attached hydrogens (tertiary/aromatic N) is 3. The smallest absolute Gasteiger partial charge is 0.254 e. The molecule has 27 heavy (non-hydrogen) atoms. The molecule has 0 bridgehead atoms. The summed E-state index contributed by atoms with van der Waals surface area (Å²) in [5, 5.41) is 0.632. The van der Waals surface area contributed by atoms with Crippen molar-refractivity contribution in [1.82, 2.24) is 4.90 Å². The molecule has 0 saturated carbocycles. The van der Waals surface area contributed by atoms with Gasteiger partial charge in [-0.05, 0) is 43.2 Å². The molecule has 0 radical (unpaired) electrons. The summed E-state index contributed by atoms with van der Waals surface area (Å²) in [6, 6.07) is 12.4. The number of benzene rings is 2. The molecule has 1 amide bonds. The van der Waals surface area contributed by atoms with Crippen LogP contribution in [-0.4, -0.2) is 50.1 Å². The van der Waals surface area contributed by atoms with Gasteiger partial charge in [0.05, 0.1) is 16.4 Å². The second-order valence-electron chi connectivity index (χ2n) is 7.09. The van der Waals surface area contributed by atoms with E-state index in [1.165, 1.54) is 18.9 Å². The average Bonchev–Trinajstić information content (AvgIpc) is 3.22. The number of anilines is 2. The van der Waals surface area contributed by atoms with Gasteiger partial charge in [0.15, 0.2) is 0 Å². The minimum absolute atomic E-state index is 0.0157. The number of amides is 1. The maximum absolute atomic E-state index is 14.0.